The summed E-state index contributed by atoms with van der Waals surface area (Å²) in [5.74, 6) is 0.584. The van der Waals surface area contributed by atoms with Crippen LogP contribution >= 0.6 is 0 Å². The van der Waals surface area contributed by atoms with Gasteiger partial charge in [0.05, 0.1) is 29.2 Å². The maximum absolute atomic E-state index is 13.0. The molecule has 8 nitrogen and oxygen atoms in total. The summed E-state index contributed by atoms with van der Waals surface area (Å²) in [5, 5.41) is 6.21. The second kappa shape index (κ2) is 9.70. The number of anilines is 2. The fraction of sp³-hybridized carbons (Fsp3) is 0.391. The molecule has 0 saturated heterocycles. The lowest BCUT2D eigenvalue weighted by Crippen LogP contribution is -2.13. The van der Waals surface area contributed by atoms with E-state index in [1.807, 2.05) is 32.2 Å². The summed E-state index contributed by atoms with van der Waals surface area (Å²) in [4.78, 5) is 29.3. The van der Waals surface area contributed by atoms with Gasteiger partial charge in [0.1, 0.15) is 12.1 Å². The molecule has 3 aromatic rings. The highest BCUT2D eigenvalue weighted by atomic mass is 16.5. The van der Waals surface area contributed by atoms with E-state index in [9.17, 15) is 4.79 Å². The van der Waals surface area contributed by atoms with Crippen molar-refractivity contribution < 1.29 is 9.53 Å². The molecule has 1 aliphatic rings. The summed E-state index contributed by atoms with van der Waals surface area (Å²) in [6.45, 7) is 5.55. The number of aryl methyl sites for hydroxylation is 2. The lowest BCUT2D eigenvalue weighted by atomic mass is 10.0. The van der Waals surface area contributed by atoms with Gasteiger partial charge in [0.2, 0.25) is 0 Å². The molecule has 3 aromatic heterocycles. The largest absolute Gasteiger partial charge is 0.379 e. The van der Waals surface area contributed by atoms with Crippen LogP contribution in [-0.4, -0.2) is 45.1 Å². The molecule has 0 spiro atoms. The zero-order valence-electron chi connectivity index (χ0n) is 17.9. The Morgan fingerprint density at radius 1 is 1.23 bits per heavy atom. The number of hydrogen-bond donors (Lipinski definition) is 3. The molecule has 0 radical (unpaired) electrons. The van der Waals surface area contributed by atoms with Crippen LogP contribution in [0.2, 0.25) is 0 Å². The summed E-state index contributed by atoms with van der Waals surface area (Å²) in [7, 11) is 0. The van der Waals surface area contributed by atoms with Gasteiger partial charge < -0.3 is 20.4 Å². The van der Waals surface area contributed by atoms with E-state index in [1.165, 1.54) is 6.33 Å². The molecule has 162 valence electrons. The number of aromatic amines is 1. The Bertz CT molecular complexity index is 1030. The Morgan fingerprint density at radius 2 is 2.13 bits per heavy atom. The topological polar surface area (TPSA) is 105 Å². The van der Waals surface area contributed by atoms with Crippen LogP contribution in [0.4, 0.5) is 11.5 Å². The molecular weight excluding hydrogens is 392 g/mol. The summed E-state index contributed by atoms with van der Waals surface area (Å²) < 4.78 is 5.53. The highest BCUT2D eigenvalue weighted by Crippen LogP contribution is 2.33. The molecule has 31 heavy (non-hydrogen) atoms. The van der Waals surface area contributed by atoms with Crippen LogP contribution in [0.15, 0.2) is 37.1 Å². The quantitative estimate of drug-likeness (QED) is 0.478. The molecule has 3 N–H and O–H groups in total. The molecule has 0 bridgehead atoms. The van der Waals surface area contributed by atoms with Gasteiger partial charge in [-0.25, -0.2) is 15.0 Å². The van der Waals surface area contributed by atoms with E-state index >= 15 is 0 Å². The van der Waals surface area contributed by atoms with Gasteiger partial charge in [0.25, 0.3) is 5.91 Å². The van der Waals surface area contributed by atoms with Crippen molar-refractivity contribution in [3.63, 3.8) is 0 Å². The Balaban J connectivity index is 1.41. The van der Waals surface area contributed by atoms with E-state index < -0.39 is 0 Å². The molecule has 0 fully saturated rings. The van der Waals surface area contributed by atoms with Gasteiger partial charge in [-0.1, -0.05) is 0 Å². The molecule has 4 rings (SSSR count). The lowest BCUT2D eigenvalue weighted by Gasteiger charge is -2.10. The average molecular weight is 421 g/mol. The Hall–Kier alpha value is -3.26. The van der Waals surface area contributed by atoms with Crippen LogP contribution in [0.3, 0.4) is 0 Å². The van der Waals surface area contributed by atoms with Crippen molar-refractivity contribution in [2.45, 2.75) is 45.6 Å². The lowest BCUT2D eigenvalue weighted by molar-refractivity contribution is 0.0787. The summed E-state index contributed by atoms with van der Waals surface area (Å²) in [6.07, 6.45) is 10.7. The van der Waals surface area contributed by atoms with Crippen LogP contribution in [0.5, 0.6) is 0 Å². The Labute approximate surface area is 181 Å². The van der Waals surface area contributed by atoms with E-state index in [4.69, 9.17) is 4.74 Å². The third-order valence-electron chi connectivity index (χ3n) is 5.20. The maximum Gasteiger partial charge on any atom is 0.257 e. The molecule has 0 saturated carbocycles. The number of aromatic nitrogens is 4. The van der Waals surface area contributed by atoms with Crippen molar-refractivity contribution in [1.82, 2.24) is 19.9 Å². The van der Waals surface area contributed by atoms with Gasteiger partial charge in [0.15, 0.2) is 0 Å². The summed E-state index contributed by atoms with van der Waals surface area (Å²) in [6, 6.07) is 3.71. The Kier molecular flexibility index (Phi) is 6.57. The van der Waals surface area contributed by atoms with E-state index in [0.29, 0.717) is 17.9 Å². The van der Waals surface area contributed by atoms with Crippen LogP contribution in [0, 0.1) is 0 Å². The van der Waals surface area contributed by atoms with E-state index in [-0.39, 0.29) is 12.0 Å². The second-order valence-corrected chi connectivity index (χ2v) is 7.89. The number of hydrogen-bond acceptors (Lipinski definition) is 6. The number of pyridine rings is 1. The van der Waals surface area contributed by atoms with Crippen LogP contribution in [-0.2, 0) is 17.6 Å². The number of nitrogens with one attached hydrogen (secondary N) is 3. The molecular formula is C23H28N6O2. The van der Waals surface area contributed by atoms with Gasteiger partial charge in [0, 0.05) is 36.8 Å². The highest BCUT2D eigenvalue weighted by Gasteiger charge is 2.24. The molecule has 1 aliphatic carbocycles. The number of rotatable bonds is 8. The van der Waals surface area contributed by atoms with Crippen molar-refractivity contribution in [3.05, 3.63) is 53.9 Å². The summed E-state index contributed by atoms with van der Waals surface area (Å²) >= 11 is 0. The minimum absolute atomic E-state index is 0.183. The first kappa shape index (κ1) is 21.0. The maximum atomic E-state index is 13.0. The zero-order chi connectivity index (χ0) is 21.6. The molecule has 0 unspecified atom stereocenters. The smallest absolute Gasteiger partial charge is 0.257 e. The van der Waals surface area contributed by atoms with Gasteiger partial charge in [-0.3, -0.25) is 4.79 Å². The standard InChI is InChI=1S/C23H28N6O2/c1-15(2)31-10-4-9-25-20-8-7-17(12-27-20)29-23(30)18-13-26-19-6-3-5-16-11-24-14-28-22(16)21(18)19/h7-8,11-15,26H,3-6,9-10H2,1-2H3,(H,25,27)(H,29,30). The molecule has 0 aliphatic heterocycles. The normalized spacial score (nSPS) is 12.7. The number of carbonyl (C=O) groups excluding carboxylic acids is 1. The minimum Gasteiger partial charge on any atom is -0.379 e. The molecule has 0 aromatic carbocycles. The number of H-pyrrole nitrogens is 1. The van der Waals surface area contributed by atoms with Crippen LogP contribution in [0.25, 0.3) is 11.3 Å². The molecule has 1 amide bonds. The molecule has 3 heterocycles. The first-order valence-corrected chi connectivity index (χ1v) is 10.7. The van der Waals surface area contributed by atoms with Crippen molar-refractivity contribution in [2.24, 2.45) is 0 Å². The SMILES string of the molecule is CC(C)OCCCNc1ccc(NC(=O)c2c[nH]c3c2-c2ncncc2CCC3)cn1. The average Bonchev–Trinajstić information content (AvgIpc) is 3.10. The van der Waals surface area contributed by atoms with Crippen LogP contribution in [0.1, 0.15) is 48.3 Å². The van der Waals surface area contributed by atoms with Crippen molar-refractivity contribution >= 4 is 17.4 Å². The third kappa shape index (κ3) is 5.08. The number of ether oxygens (including phenoxy) is 1. The number of fused-ring (bicyclic) bond motifs is 3. The van der Waals surface area contributed by atoms with Gasteiger partial charge in [-0.15, -0.1) is 0 Å². The number of amides is 1. The van der Waals surface area contributed by atoms with Gasteiger partial charge in [-0.2, -0.15) is 0 Å². The Morgan fingerprint density at radius 3 is 2.94 bits per heavy atom. The van der Waals surface area contributed by atoms with Crippen molar-refractivity contribution in [2.75, 3.05) is 23.8 Å². The number of nitrogens with zero attached hydrogens (tertiary/aromatic N) is 3. The first-order valence-electron chi connectivity index (χ1n) is 10.7. The molecule has 8 heteroatoms. The highest BCUT2D eigenvalue weighted by molar-refractivity contribution is 6.09. The van der Waals surface area contributed by atoms with E-state index in [0.717, 1.165) is 60.6 Å². The third-order valence-corrected chi connectivity index (χ3v) is 5.20. The molecule has 0 atom stereocenters. The second-order valence-electron chi connectivity index (χ2n) is 7.89. The predicted molar refractivity (Wildman–Crippen MR) is 120 cm³/mol. The monoisotopic (exact) mass is 420 g/mol. The summed E-state index contributed by atoms with van der Waals surface area (Å²) in [5.41, 5.74) is 5.07. The fourth-order valence-corrected chi connectivity index (χ4v) is 3.71. The van der Waals surface area contributed by atoms with Gasteiger partial charge >= 0.3 is 0 Å². The van der Waals surface area contributed by atoms with E-state index in [2.05, 4.69) is 30.6 Å². The van der Waals surface area contributed by atoms with Crippen LogP contribution < -0.4 is 10.6 Å². The van der Waals surface area contributed by atoms with Crippen molar-refractivity contribution in [1.29, 1.82) is 0 Å². The fourth-order valence-electron chi connectivity index (χ4n) is 3.71. The van der Waals surface area contributed by atoms with Gasteiger partial charge in [-0.05, 0) is 57.2 Å². The van der Waals surface area contributed by atoms with Crippen molar-refractivity contribution in [3.8, 4) is 11.3 Å². The van der Waals surface area contributed by atoms with E-state index in [1.54, 1.807) is 12.4 Å². The predicted octanol–water partition coefficient (Wildman–Crippen LogP) is 3.83. The number of carbonyl (C=O) groups is 1. The minimum atomic E-state index is -0.183. The first-order chi connectivity index (χ1) is 15.1. The zero-order valence-corrected chi connectivity index (χ0v) is 17.9.